The number of alkyl halides is 1. The monoisotopic (exact) mass is 271 g/mol. The Balaban J connectivity index is 2.75. The molecule has 0 unspecified atom stereocenters. The Kier molecular flexibility index (Phi) is 3.32. The van der Waals surface area contributed by atoms with Crippen LogP contribution in [0.3, 0.4) is 0 Å². The summed E-state index contributed by atoms with van der Waals surface area (Å²) in [5.41, 5.74) is 1.59. The fourth-order valence-electron chi connectivity index (χ4n) is 1.87. The van der Waals surface area contributed by atoms with Crippen LogP contribution in [0, 0.1) is 0 Å². The van der Waals surface area contributed by atoms with E-state index in [1.54, 1.807) is 6.20 Å². The van der Waals surface area contributed by atoms with Crippen molar-refractivity contribution in [2.24, 2.45) is 0 Å². The van der Waals surface area contributed by atoms with Crippen molar-refractivity contribution >= 4 is 34.4 Å². The molecule has 0 aliphatic carbocycles. The smallest absolute Gasteiger partial charge is 0.160 e. The first-order chi connectivity index (χ1) is 7.99. The van der Waals surface area contributed by atoms with Crippen LogP contribution in [0.15, 0.2) is 12.3 Å². The maximum atomic E-state index is 5.96. The number of pyridine rings is 1. The van der Waals surface area contributed by atoms with Crippen LogP contribution in [0.5, 0.6) is 0 Å². The second-order valence-electron chi connectivity index (χ2n) is 4.66. The van der Waals surface area contributed by atoms with E-state index in [9.17, 15) is 0 Å². The summed E-state index contributed by atoms with van der Waals surface area (Å²) in [5, 5.41) is 0.595. The van der Waals surface area contributed by atoms with Gasteiger partial charge in [-0.05, 0) is 26.3 Å². The summed E-state index contributed by atoms with van der Waals surface area (Å²) >= 11 is 11.9. The summed E-state index contributed by atoms with van der Waals surface area (Å²) < 4.78 is 2.10. The first kappa shape index (κ1) is 12.7. The lowest BCUT2D eigenvalue weighted by atomic mass is 10.0. The molecule has 2 aromatic rings. The quantitative estimate of drug-likeness (QED) is 0.791. The highest BCUT2D eigenvalue weighted by atomic mass is 35.5. The number of imidazole rings is 1. The molecule has 3 nitrogen and oxygen atoms in total. The van der Waals surface area contributed by atoms with Gasteiger partial charge in [0.1, 0.15) is 11.3 Å². The van der Waals surface area contributed by atoms with Gasteiger partial charge in [0.15, 0.2) is 5.65 Å². The summed E-state index contributed by atoms with van der Waals surface area (Å²) in [6.45, 7) is 6.45. The van der Waals surface area contributed by atoms with Crippen molar-refractivity contribution in [3.63, 3.8) is 0 Å². The Morgan fingerprint density at radius 2 is 2.12 bits per heavy atom. The second-order valence-corrected chi connectivity index (χ2v) is 5.36. The molecule has 0 bridgehead atoms. The third kappa shape index (κ3) is 2.14. The van der Waals surface area contributed by atoms with Crippen LogP contribution >= 0.6 is 23.2 Å². The minimum Gasteiger partial charge on any atom is -0.306 e. The predicted octanol–water partition coefficient (Wildman–Crippen LogP) is 3.97. The van der Waals surface area contributed by atoms with Crippen LogP contribution in [-0.2, 0) is 11.4 Å². The molecule has 0 radical (unpaired) electrons. The topological polar surface area (TPSA) is 30.7 Å². The summed E-state index contributed by atoms with van der Waals surface area (Å²) in [7, 11) is 0. The Labute approximate surface area is 111 Å². The summed E-state index contributed by atoms with van der Waals surface area (Å²) in [4.78, 5) is 8.86. The zero-order chi connectivity index (χ0) is 12.6. The normalized spacial score (nSPS) is 12.3. The van der Waals surface area contributed by atoms with Gasteiger partial charge >= 0.3 is 0 Å². The zero-order valence-corrected chi connectivity index (χ0v) is 11.7. The lowest BCUT2D eigenvalue weighted by molar-refractivity contribution is 0.342. The third-order valence-corrected chi connectivity index (χ3v) is 3.57. The number of hydrogen-bond acceptors (Lipinski definition) is 2. The van der Waals surface area contributed by atoms with E-state index in [1.807, 2.05) is 6.07 Å². The van der Waals surface area contributed by atoms with Crippen LogP contribution < -0.4 is 0 Å². The van der Waals surface area contributed by atoms with Gasteiger partial charge in [0, 0.05) is 11.7 Å². The van der Waals surface area contributed by atoms with Crippen molar-refractivity contribution in [2.45, 2.75) is 38.6 Å². The average molecular weight is 272 g/mol. The molecule has 0 amide bonds. The van der Waals surface area contributed by atoms with Crippen molar-refractivity contribution < 1.29 is 0 Å². The fraction of sp³-hybridized carbons (Fsp3) is 0.500. The summed E-state index contributed by atoms with van der Waals surface area (Å²) in [5.74, 6) is 1.21. The second kappa shape index (κ2) is 4.46. The van der Waals surface area contributed by atoms with E-state index < -0.39 is 0 Å². The molecule has 2 rings (SSSR count). The van der Waals surface area contributed by atoms with E-state index in [2.05, 4.69) is 35.3 Å². The SMILES string of the molecule is CCC(C)(C)n1c(CCl)nc2cc(Cl)cnc21. The van der Waals surface area contributed by atoms with Crippen molar-refractivity contribution in [3.8, 4) is 0 Å². The van der Waals surface area contributed by atoms with Crippen molar-refractivity contribution in [1.82, 2.24) is 14.5 Å². The van der Waals surface area contributed by atoms with Crippen molar-refractivity contribution in [2.75, 3.05) is 0 Å². The first-order valence-corrected chi connectivity index (χ1v) is 6.50. The van der Waals surface area contributed by atoms with Gasteiger partial charge in [-0.3, -0.25) is 0 Å². The van der Waals surface area contributed by atoms with Crippen molar-refractivity contribution in [3.05, 3.63) is 23.1 Å². The van der Waals surface area contributed by atoms with Crippen LogP contribution in [0.2, 0.25) is 5.02 Å². The number of nitrogens with zero attached hydrogens (tertiary/aromatic N) is 3. The van der Waals surface area contributed by atoms with Crippen LogP contribution in [0.25, 0.3) is 11.2 Å². The van der Waals surface area contributed by atoms with Gasteiger partial charge in [0.25, 0.3) is 0 Å². The molecule has 0 saturated carbocycles. The van der Waals surface area contributed by atoms with Gasteiger partial charge < -0.3 is 4.57 Å². The molecule has 17 heavy (non-hydrogen) atoms. The van der Waals surface area contributed by atoms with Gasteiger partial charge in [0.2, 0.25) is 0 Å². The molecule has 0 N–H and O–H groups in total. The van der Waals surface area contributed by atoms with Gasteiger partial charge in [-0.1, -0.05) is 18.5 Å². The van der Waals surface area contributed by atoms with E-state index in [4.69, 9.17) is 23.2 Å². The molecule has 0 fully saturated rings. The number of halogens is 2. The molecule has 92 valence electrons. The molecule has 5 heteroatoms. The maximum Gasteiger partial charge on any atom is 0.160 e. The Bertz CT molecular complexity index is 546. The molecule has 0 spiro atoms. The molecule has 0 aromatic carbocycles. The molecular weight excluding hydrogens is 257 g/mol. The highest BCUT2D eigenvalue weighted by molar-refractivity contribution is 6.31. The van der Waals surface area contributed by atoms with Crippen LogP contribution in [-0.4, -0.2) is 14.5 Å². The number of rotatable bonds is 3. The largest absolute Gasteiger partial charge is 0.306 e. The molecule has 0 atom stereocenters. The zero-order valence-electron chi connectivity index (χ0n) is 10.2. The highest BCUT2D eigenvalue weighted by Crippen LogP contribution is 2.28. The third-order valence-electron chi connectivity index (χ3n) is 3.12. The minimum atomic E-state index is -0.0558. The number of aromatic nitrogens is 3. The van der Waals surface area contributed by atoms with E-state index in [1.165, 1.54) is 0 Å². The number of fused-ring (bicyclic) bond motifs is 1. The molecule has 2 heterocycles. The van der Waals surface area contributed by atoms with Crippen LogP contribution in [0.1, 0.15) is 33.0 Å². The first-order valence-electron chi connectivity index (χ1n) is 5.59. The van der Waals surface area contributed by atoms with Crippen molar-refractivity contribution in [1.29, 1.82) is 0 Å². The number of hydrogen-bond donors (Lipinski definition) is 0. The lowest BCUT2D eigenvalue weighted by Crippen LogP contribution is -2.27. The van der Waals surface area contributed by atoms with Gasteiger partial charge in [0.05, 0.1) is 10.9 Å². The Morgan fingerprint density at radius 1 is 1.41 bits per heavy atom. The average Bonchev–Trinajstić information content (AvgIpc) is 2.67. The Morgan fingerprint density at radius 3 is 2.71 bits per heavy atom. The molecular formula is C12H15Cl2N3. The van der Waals surface area contributed by atoms with E-state index in [0.29, 0.717) is 10.9 Å². The van der Waals surface area contributed by atoms with E-state index in [0.717, 1.165) is 23.4 Å². The highest BCUT2D eigenvalue weighted by Gasteiger charge is 2.24. The van der Waals surface area contributed by atoms with Gasteiger partial charge in [-0.2, -0.15) is 0 Å². The minimum absolute atomic E-state index is 0.0558. The standard InChI is InChI=1S/C12H15Cl2N3/c1-4-12(2,3)17-10(6-13)16-9-5-8(14)7-15-11(9)17/h5,7H,4,6H2,1-3H3. The summed E-state index contributed by atoms with van der Waals surface area (Å²) in [6, 6.07) is 1.82. The summed E-state index contributed by atoms with van der Waals surface area (Å²) in [6.07, 6.45) is 2.62. The lowest BCUT2D eigenvalue weighted by Gasteiger charge is -2.27. The maximum absolute atomic E-state index is 5.96. The molecule has 2 aromatic heterocycles. The van der Waals surface area contributed by atoms with Crippen LogP contribution in [0.4, 0.5) is 0 Å². The van der Waals surface area contributed by atoms with E-state index >= 15 is 0 Å². The molecule has 0 saturated heterocycles. The Hall–Kier alpha value is -0.800. The molecule has 0 aliphatic rings. The van der Waals surface area contributed by atoms with E-state index in [-0.39, 0.29) is 5.54 Å². The van der Waals surface area contributed by atoms with Gasteiger partial charge in [-0.15, -0.1) is 11.6 Å². The fourth-order valence-corrected chi connectivity index (χ4v) is 2.20. The predicted molar refractivity (Wildman–Crippen MR) is 71.7 cm³/mol. The van der Waals surface area contributed by atoms with Gasteiger partial charge in [-0.25, -0.2) is 9.97 Å². The molecule has 0 aliphatic heterocycles.